The molecule has 0 unspecified atom stereocenters. The molecule has 2 amide bonds. The molecule has 6 heteroatoms. The second-order valence-electron chi connectivity index (χ2n) is 8.63. The molecule has 1 aromatic carbocycles. The number of para-hydroxylation sites is 1. The van der Waals surface area contributed by atoms with Crippen LogP contribution < -0.4 is 15.5 Å². The van der Waals surface area contributed by atoms with Gasteiger partial charge in [-0.25, -0.2) is 4.79 Å². The zero-order chi connectivity index (χ0) is 17.6. The Morgan fingerprint density at radius 2 is 2.08 bits per heavy atom. The van der Waals surface area contributed by atoms with E-state index in [9.17, 15) is 9.59 Å². The maximum atomic E-state index is 13.0. The van der Waals surface area contributed by atoms with Crippen molar-refractivity contribution < 1.29 is 14.3 Å². The van der Waals surface area contributed by atoms with E-state index < -0.39 is 5.60 Å². The topological polar surface area (TPSA) is 70.7 Å². The number of benzene rings is 1. The fourth-order valence-electron chi connectivity index (χ4n) is 5.79. The first-order valence-electron chi connectivity index (χ1n) is 8.96. The maximum absolute atomic E-state index is 13.0. The van der Waals surface area contributed by atoms with Crippen LogP contribution >= 0.6 is 0 Å². The van der Waals surface area contributed by atoms with Crippen LogP contribution in [0.15, 0.2) is 24.3 Å². The van der Waals surface area contributed by atoms with Crippen molar-refractivity contribution in [2.24, 2.45) is 5.92 Å². The van der Waals surface area contributed by atoms with E-state index in [0.29, 0.717) is 6.54 Å². The van der Waals surface area contributed by atoms with Gasteiger partial charge in [-0.05, 0) is 45.4 Å². The molecule has 0 aromatic heterocycles. The Bertz CT molecular complexity index is 801. The summed E-state index contributed by atoms with van der Waals surface area (Å²) in [5.74, 6) is -0.189. The summed E-state index contributed by atoms with van der Waals surface area (Å²) in [7, 11) is 0. The molecule has 0 bridgehead atoms. The third kappa shape index (κ3) is 1.55. The second-order valence-corrected chi connectivity index (χ2v) is 8.63. The number of hydrogen-bond acceptors (Lipinski definition) is 4. The molecule has 2 saturated heterocycles. The molecule has 3 fully saturated rings. The number of ether oxygens (including phenoxy) is 1. The predicted molar refractivity (Wildman–Crippen MR) is 92.5 cm³/mol. The van der Waals surface area contributed by atoms with Gasteiger partial charge in [0, 0.05) is 12.0 Å². The lowest BCUT2D eigenvalue weighted by Crippen LogP contribution is -2.79. The lowest BCUT2D eigenvalue weighted by atomic mass is 9.46. The molecular weight excluding hydrogens is 318 g/mol. The first-order valence-corrected chi connectivity index (χ1v) is 8.96. The van der Waals surface area contributed by atoms with E-state index in [1.807, 2.05) is 39.0 Å². The summed E-state index contributed by atoms with van der Waals surface area (Å²) < 4.78 is 5.69. The minimum Gasteiger partial charge on any atom is -0.443 e. The number of hydrogen-bond donors (Lipinski definition) is 2. The van der Waals surface area contributed by atoms with Crippen molar-refractivity contribution in [1.82, 2.24) is 10.6 Å². The summed E-state index contributed by atoms with van der Waals surface area (Å²) in [4.78, 5) is 27.4. The molecule has 4 atom stereocenters. The lowest BCUT2D eigenvalue weighted by Gasteiger charge is -2.60. The largest absolute Gasteiger partial charge is 0.443 e. The van der Waals surface area contributed by atoms with Gasteiger partial charge in [0.2, 0.25) is 5.91 Å². The number of carbonyl (C=O) groups excluding carboxylic acids is 2. The van der Waals surface area contributed by atoms with Crippen LogP contribution in [0.4, 0.5) is 10.5 Å². The van der Waals surface area contributed by atoms with Gasteiger partial charge in [-0.3, -0.25) is 9.69 Å². The van der Waals surface area contributed by atoms with E-state index in [4.69, 9.17) is 4.74 Å². The van der Waals surface area contributed by atoms with E-state index >= 15 is 0 Å². The lowest BCUT2D eigenvalue weighted by molar-refractivity contribution is -0.129. The normalized spacial score (nSPS) is 37.6. The Labute approximate surface area is 146 Å². The zero-order valence-electron chi connectivity index (χ0n) is 14.8. The highest BCUT2D eigenvalue weighted by molar-refractivity contribution is 5.99. The average molecular weight is 341 g/mol. The van der Waals surface area contributed by atoms with Crippen LogP contribution in [0.1, 0.15) is 32.8 Å². The van der Waals surface area contributed by atoms with Gasteiger partial charge in [-0.2, -0.15) is 0 Å². The highest BCUT2D eigenvalue weighted by Gasteiger charge is 2.83. The Kier molecular flexibility index (Phi) is 2.65. The smallest absolute Gasteiger partial charge is 0.415 e. The van der Waals surface area contributed by atoms with Crippen LogP contribution in [0.3, 0.4) is 0 Å². The van der Waals surface area contributed by atoms with Gasteiger partial charge in [0.15, 0.2) is 0 Å². The molecule has 6 nitrogen and oxygen atoms in total. The summed E-state index contributed by atoms with van der Waals surface area (Å²) >= 11 is 0. The Morgan fingerprint density at radius 1 is 1.32 bits per heavy atom. The molecule has 3 heterocycles. The molecule has 3 aliphatic heterocycles. The average Bonchev–Trinajstić information content (AvgIpc) is 3.09. The Hall–Kier alpha value is -2.08. The number of rotatable bonds is 0. The number of nitrogens with zero attached hydrogens (tertiary/aromatic N) is 1. The number of nitrogens with one attached hydrogen (secondary N) is 2. The number of amides is 2. The van der Waals surface area contributed by atoms with E-state index in [0.717, 1.165) is 18.7 Å². The summed E-state index contributed by atoms with van der Waals surface area (Å²) in [6.45, 7) is 7.09. The van der Waals surface area contributed by atoms with Gasteiger partial charge in [-0.15, -0.1) is 0 Å². The molecule has 1 saturated carbocycles. The van der Waals surface area contributed by atoms with Crippen LogP contribution in [0.2, 0.25) is 0 Å². The van der Waals surface area contributed by atoms with Crippen molar-refractivity contribution in [2.75, 3.05) is 18.0 Å². The maximum Gasteiger partial charge on any atom is 0.415 e. The third-order valence-electron chi connectivity index (χ3n) is 6.44. The van der Waals surface area contributed by atoms with Crippen molar-refractivity contribution in [3.05, 3.63) is 29.8 Å². The van der Waals surface area contributed by atoms with Crippen LogP contribution in [-0.4, -0.2) is 42.3 Å². The molecule has 1 aliphatic carbocycles. The quantitative estimate of drug-likeness (QED) is 0.751. The second kappa shape index (κ2) is 4.36. The van der Waals surface area contributed by atoms with Crippen molar-refractivity contribution in [2.45, 2.75) is 49.8 Å². The molecule has 132 valence electrons. The Morgan fingerprint density at radius 3 is 2.84 bits per heavy atom. The van der Waals surface area contributed by atoms with E-state index in [2.05, 4.69) is 16.7 Å². The van der Waals surface area contributed by atoms with Crippen LogP contribution in [0.5, 0.6) is 0 Å². The first kappa shape index (κ1) is 15.2. The van der Waals surface area contributed by atoms with Crippen molar-refractivity contribution in [3.8, 4) is 0 Å². The van der Waals surface area contributed by atoms with Gasteiger partial charge in [0.1, 0.15) is 5.60 Å². The van der Waals surface area contributed by atoms with Gasteiger partial charge in [0.25, 0.3) is 0 Å². The zero-order valence-corrected chi connectivity index (χ0v) is 14.8. The molecule has 2 N–H and O–H groups in total. The number of carbonyl (C=O) groups is 2. The molecule has 0 radical (unpaired) electrons. The molecule has 1 aromatic rings. The molecule has 25 heavy (non-hydrogen) atoms. The van der Waals surface area contributed by atoms with Crippen LogP contribution in [0.25, 0.3) is 0 Å². The van der Waals surface area contributed by atoms with E-state index in [-0.39, 0.29) is 34.9 Å². The predicted octanol–water partition coefficient (Wildman–Crippen LogP) is 1.54. The van der Waals surface area contributed by atoms with Gasteiger partial charge in [-0.1, -0.05) is 18.2 Å². The van der Waals surface area contributed by atoms with Gasteiger partial charge in [0.05, 0.1) is 23.2 Å². The summed E-state index contributed by atoms with van der Waals surface area (Å²) in [5.41, 5.74) is 1.01. The monoisotopic (exact) mass is 341 g/mol. The SMILES string of the molecule is CC(C)(C)OC(=O)N1c2ccccc2[C@]23CCN[C@]24CNC(=O)[C@@H]4[C@H]13. The van der Waals surface area contributed by atoms with Crippen molar-refractivity contribution >= 4 is 17.7 Å². The minimum absolute atomic E-state index is 0.0383. The fourth-order valence-corrected chi connectivity index (χ4v) is 5.79. The molecule has 5 rings (SSSR count). The minimum atomic E-state index is -0.575. The van der Waals surface area contributed by atoms with E-state index in [1.54, 1.807) is 4.90 Å². The fraction of sp³-hybridized carbons (Fsp3) is 0.579. The standard InChI is InChI=1S/C19H23N3O3/c1-17(2,3)25-16(24)22-12-7-5-4-6-11(12)18-8-9-21-19(18)10-20-15(23)13(19)14(18)22/h4-7,13-14,21H,8-10H2,1-3H3,(H,20,23)/t13-,14-,18-,19-/m0/s1. The van der Waals surface area contributed by atoms with Crippen LogP contribution in [0, 0.1) is 5.92 Å². The third-order valence-corrected chi connectivity index (χ3v) is 6.44. The summed E-state index contributed by atoms with van der Waals surface area (Å²) in [6, 6.07) is 7.89. The number of fused-ring (bicyclic) bond motifs is 2. The summed E-state index contributed by atoms with van der Waals surface area (Å²) in [5, 5.41) is 6.64. The molecule has 4 aliphatic rings. The Balaban J connectivity index is 1.67. The number of anilines is 1. The molecular formula is C19H23N3O3. The first-order chi connectivity index (χ1) is 11.8. The van der Waals surface area contributed by atoms with Crippen molar-refractivity contribution in [3.63, 3.8) is 0 Å². The summed E-state index contributed by atoms with van der Waals surface area (Å²) in [6.07, 6.45) is 0.571. The highest BCUT2D eigenvalue weighted by atomic mass is 16.6. The van der Waals surface area contributed by atoms with E-state index in [1.165, 1.54) is 5.56 Å². The van der Waals surface area contributed by atoms with Crippen molar-refractivity contribution in [1.29, 1.82) is 0 Å². The molecule has 2 spiro atoms. The highest BCUT2D eigenvalue weighted by Crippen LogP contribution is 2.69. The van der Waals surface area contributed by atoms with Gasteiger partial charge >= 0.3 is 6.09 Å². The van der Waals surface area contributed by atoms with Crippen LogP contribution in [-0.2, 0) is 14.9 Å². The van der Waals surface area contributed by atoms with Gasteiger partial charge < -0.3 is 15.4 Å².